The zero-order chi connectivity index (χ0) is 19.6. The van der Waals surface area contributed by atoms with Crippen molar-refractivity contribution in [1.82, 2.24) is 0 Å². The fourth-order valence-electron chi connectivity index (χ4n) is 1.30. The second kappa shape index (κ2) is 7.00. The topological polar surface area (TPSA) is 9.23 Å². The summed E-state index contributed by atoms with van der Waals surface area (Å²) < 4.78 is 157. The third-order valence-corrected chi connectivity index (χ3v) is 2.74. The molecule has 0 saturated carbocycles. The van der Waals surface area contributed by atoms with Gasteiger partial charge in [0.15, 0.2) is 0 Å². The van der Waals surface area contributed by atoms with Gasteiger partial charge in [-0.05, 0) is 0 Å². The van der Waals surface area contributed by atoms with E-state index >= 15 is 0 Å². The molecule has 0 aliphatic rings. The van der Waals surface area contributed by atoms with Gasteiger partial charge in [0.1, 0.15) is 0 Å². The van der Waals surface area contributed by atoms with Crippen LogP contribution in [0.25, 0.3) is 0 Å². The number of rotatable bonds is 10. The van der Waals surface area contributed by atoms with Crippen LogP contribution in [0.3, 0.4) is 0 Å². The Morgan fingerprint density at radius 2 is 1.25 bits per heavy atom. The molecule has 0 aliphatic heterocycles. The third-order valence-electron chi connectivity index (χ3n) is 2.74. The minimum absolute atomic E-state index is 0.488. The number of alkyl halides is 12. The predicted octanol–water partition coefficient (Wildman–Crippen LogP) is 5.02. The summed E-state index contributed by atoms with van der Waals surface area (Å²) >= 11 is 0. The number of hydrogen-bond acceptors (Lipinski definition) is 1. The van der Waals surface area contributed by atoms with Crippen LogP contribution >= 0.6 is 0 Å². The smallest absolute Gasteiger partial charge is 0.377 e. The van der Waals surface area contributed by atoms with E-state index in [0.29, 0.717) is 0 Å². The Hall–Kier alpha value is -1.14. The van der Waals surface area contributed by atoms with Crippen molar-refractivity contribution in [2.45, 2.75) is 42.5 Å². The van der Waals surface area contributed by atoms with Crippen molar-refractivity contribution in [1.29, 1.82) is 0 Å². The van der Waals surface area contributed by atoms with E-state index in [2.05, 4.69) is 11.3 Å². The van der Waals surface area contributed by atoms with Crippen LogP contribution in [0.1, 0.15) is 6.42 Å². The van der Waals surface area contributed by atoms with Crippen molar-refractivity contribution < 1.29 is 57.4 Å². The van der Waals surface area contributed by atoms with Gasteiger partial charge in [0.25, 0.3) is 0 Å². The molecule has 1 nitrogen and oxygen atoms in total. The van der Waals surface area contributed by atoms with Gasteiger partial charge >= 0.3 is 36.0 Å². The van der Waals surface area contributed by atoms with Crippen molar-refractivity contribution in [3.05, 3.63) is 12.7 Å². The molecule has 24 heavy (non-hydrogen) atoms. The molecule has 0 unspecified atom stereocenters. The van der Waals surface area contributed by atoms with Gasteiger partial charge in [0.05, 0.1) is 13.2 Å². The van der Waals surface area contributed by atoms with Gasteiger partial charge in [-0.15, -0.1) is 6.58 Å². The fraction of sp³-hybridized carbons (Fsp3) is 0.818. The third kappa shape index (κ3) is 3.59. The first-order valence-corrected chi connectivity index (χ1v) is 5.86. The Balaban J connectivity index is 5.67. The Kier molecular flexibility index (Phi) is 6.67. The molecule has 0 N–H and O–H groups in total. The van der Waals surface area contributed by atoms with Crippen LogP contribution in [0, 0.1) is 0 Å². The van der Waals surface area contributed by atoms with Crippen molar-refractivity contribution >= 4 is 0 Å². The second-order valence-corrected chi connectivity index (χ2v) is 4.46. The SMILES string of the molecule is C=CCOCCC(F)(F)C(F)(F)C(F)(F)C(F)(F)C(F)(F)C(F)F. The van der Waals surface area contributed by atoms with E-state index in [-0.39, 0.29) is 0 Å². The highest BCUT2D eigenvalue weighted by atomic mass is 19.4. The van der Waals surface area contributed by atoms with Gasteiger partial charge in [-0.2, -0.15) is 43.9 Å². The molecule has 0 fully saturated rings. The zero-order valence-electron chi connectivity index (χ0n) is 11.4. The van der Waals surface area contributed by atoms with Crippen LogP contribution in [0.4, 0.5) is 52.7 Å². The zero-order valence-corrected chi connectivity index (χ0v) is 11.4. The first-order chi connectivity index (χ1) is 10.5. The monoisotopic (exact) mass is 386 g/mol. The van der Waals surface area contributed by atoms with Gasteiger partial charge < -0.3 is 4.74 Å². The van der Waals surface area contributed by atoms with Crippen molar-refractivity contribution in [2.24, 2.45) is 0 Å². The first kappa shape index (κ1) is 22.9. The molecule has 0 heterocycles. The summed E-state index contributed by atoms with van der Waals surface area (Å²) in [7, 11) is 0. The molecule has 0 aromatic heterocycles. The average Bonchev–Trinajstić information content (AvgIpc) is 2.42. The molecule has 0 rings (SSSR count). The molecule has 0 radical (unpaired) electrons. The summed E-state index contributed by atoms with van der Waals surface area (Å²) in [6.45, 7) is 1.19. The van der Waals surface area contributed by atoms with Crippen molar-refractivity contribution in [3.63, 3.8) is 0 Å². The van der Waals surface area contributed by atoms with E-state index in [4.69, 9.17) is 0 Å². The van der Waals surface area contributed by atoms with Gasteiger partial charge in [0, 0.05) is 6.42 Å². The molecular weight excluding hydrogens is 376 g/mol. The molecule has 0 atom stereocenters. The van der Waals surface area contributed by atoms with Crippen LogP contribution in [0.15, 0.2) is 12.7 Å². The van der Waals surface area contributed by atoms with Crippen LogP contribution in [-0.2, 0) is 4.74 Å². The van der Waals surface area contributed by atoms with Gasteiger partial charge in [-0.25, -0.2) is 8.78 Å². The lowest BCUT2D eigenvalue weighted by atomic mass is 9.93. The van der Waals surface area contributed by atoms with E-state index in [1.807, 2.05) is 0 Å². The summed E-state index contributed by atoms with van der Waals surface area (Å²) in [6.07, 6.45) is -6.82. The van der Waals surface area contributed by atoms with Crippen LogP contribution < -0.4 is 0 Å². The van der Waals surface area contributed by atoms with Crippen LogP contribution in [-0.4, -0.2) is 49.3 Å². The highest BCUT2D eigenvalue weighted by Crippen LogP contribution is 2.58. The van der Waals surface area contributed by atoms with E-state index in [1.54, 1.807) is 0 Å². The lowest BCUT2D eigenvalue weighted by Crippen LogP contribution is -2.68. The number of ether oxygens (including phenoxy) is 1. The number of hydrogen-bond donors (Lipinski definition) is 0. The fourth-order valence-corrected chi connectivity index (χ4v) is 1.30. The van der Waals surface area contributed by atoms with Gasteiger partial charge in [0.2, 0.25) is 0 Å². The maximum absolute atomic E-state index is 13.1. The molecule has 0 saturated heterocycles. The molecule has 0 aromatic rings. The Labute approximate surface area is 127 Å². The number of halogens is 12. The molecular formula is C11H10F12O. The highest BCUT2D eigenvalue weighted by molar-refractivity contribution is 5.08. The largest absolute Gasteiger partial charge is 0.384 e. The van der Waals surface area contributed by atoms with Crippen LogP contribution in [0.2, 0.25) is 0 Å². The lowest BCUT2D eigenvalue weighted by molar-refractivity contribution is -0.413. The van der Waals surface area contributed by atoms with Gasteiger partial charge in [-0.3, -0.25) is 0 Å². The maximum Gasteiger partial charge on any atom is 0.384 e. The summed E-state index contributed by atoms with van der Waals surface area (Å²) in [6, 6.07) is 0. The standard InChI is InChI=1S/C11H10F12O/c1-2-4-24-5-3-7(14,15)9(18,19)11(22,23)10(20,21)8(16,17)6(12)13/h2,6H,1,3-5H2. The molecule has 0 amide bonds. The minimum Gasteiger partial charge on any atom is -0.377 e. The minimum atomic E-state index is -7.48. The predicted molar refractivity (Wildman–Crippen MR) is 56.4 cm³/mol. The molecule has 0 aromatic carbocycles. The van der Waals surface area contributed by atoms with Crippen molar-refractivity contribution in [3.8, 4) is 0 Å². The Morgan fingerprint density at radius 3 is 1.62 bits per heavy atom. The molecule has 0 aliphatic carbocycles. The summed E-state index contributed by atoms with van der Waals surface area (Å²) in [4.78, 5) is 0. The molecule has 144 valence electrons. The normalized spacial score (nSPS) is 15.0. The van der Waals surface area contributed by atoms with E-state index in [1.165, 1.54) is 0 Å². The highest BCUT2D eigenvalue weighted by Gasteiger charge is 2.87. The van der Waals surface area contributed by atoms with E-state index in [0.717, 1.165) is 6.08 Å². The lowest BCUT2D eigenvalue weighted by Gasteiger charge is -2.39. The summed E-state index contributed by atoms with van der Waals surface area (Å²) in [5, 5.41) is 0. The summed E-state index contributed by atoms with van der Waals surface area (Å²) in [5.74, 6) is -34.9. The Bertz CT molecular complexity index is 431. The van der Waals surface area contributed by atoms with E-state index < -0.39 is 55.7 Å². The second-order valence-electron chi connectivity index (χ2n) is 4.46. The molecule has 0 spiro atoms. The quantitative estimate of drug-likeness (QED) is 0.291. The summed E-state index contributed by atoms with van der Waals surface area (Å²) in [5.41, 5.74) is 0. The van der Waals surface area contributed by atoms with Gasteiger partial charge in [-0.1, -0.05) is 6.08 Å². The van der Waals surface area contributed by atoms with Crippen LogP contribution in [0.5, 0.6) is 0 Å². The molecule has 0 bridgehead atoms. The average molecular weight is 386 g/mol. The van der Waals surface area contributed by atoms with E-state index in [9.17, 15) is 52.7 Å². The van der Waals surface area contributed by atoms with Crippen molar-refractivity contribution in [2.75, 3.05) is 13.2 Å². The molecule has 13 heteroatoms. The first-order valence-electron chi connectivity index (χ1n) is 5.86. The Morgan fingerprint density at radius 1 is 0.792 bits per heavy atom. The maximum atomic E-state index is 13.1.